The lowest BCUT2D eigenvalue weighted by Gasteiger charge is -2.28. The van der Waals surface area contributed by atoms with Gasteiger partial charge in [-0.3, -0.25) is 0 Å². The number of fused-ring (bicyclic) bond motifs is 1. The van der Waals surface area contributed by atoms with Crippen molar-refractivity contribution in [2.75, 3.05) is 20.8 Å². The molecule has 4 heteroatoms. The van der Waals surface area contributed by atoms with E-state index in [1.54, 1.807) is 20.3 Å². The molecule has 1 heterocycles. The van der Waals surface area contributed by atoms with Crippen molar-refractivity contribution in [1.29, 1.82) is 0 Å². The number of hydrogen-bond donors (Lipinski definition) is 2. The standard InChI is InChI=1S/C17H19NO3/c1-20-15-7-6-11(8-16(15)21-2)13-10-18-9-12-4-3-5-14(19)17(12)13/h3-8,13,18-19H,9-10H2,1-2H3. The van der Waals surface area contributed by atoms with Crippen LogP contribution < -0.4 is 14.8 Å². The summed E-state index contributed by atoms with van der Waals surface area (Å²) in [7, 11) is 3.26. The minimum Gasteiger partial charge on any atom is -0.508 e. The van der Waals surface area contributed by atoms with E-state index in [-0.39, 0.29) is 5.92 Å². The highest BCUT2D eigenvalue weighted by Crippen LogP contribution is 2.39. The predicted octanol–water partition coefficient (Wildman–Crippen LogP) is 2.64. The molecule has 0 bridgehead atoms. The van der Waals surface area contributed by atoms with Crippen LogP contribution in [0.4, 0.5) is 0 Å². The second-order valence-electron chi connectivity index (χ2n) is 5.15. The summed E-state index contributed by atoms with van der Waals surface area (Å²) in [5.41, 5.74) is 3.24. The monoisotopic (exact) mass is 285 g/mol. The van der Waals surface area contributed by atoms with Gasteiger partial charge in [0.1, 0.15) is 5.75 Å². The molecule has 110 valence electrons. The fraction of sp³-hybridized carbons (Fsp3) is 0.294. The average molecular weight is 285 g/mol. The number of methoxy groups -OCH3 is 2. The van der Waals surface area contributed by atoms with Crippen LogP contribution in [-0.2, 0) is 6.54 Å². The molecule has 1 atom stereocenters. The van der Waals surface area contributed by atoms with Gasteiger partial charge in [-0.15, -0.1) is 0 Å². The summed E-state index contributed by atoms with van der Waals surface area (Å²) in [6.45, 7) is 1.58. The lowest BCUT2D eigenvalue weighted by atomic mass is 9.85. The minimum absolute atomic E-state index is 0.106. The van der Waals surface area contributed by atoms with Crippen LogP contribution in [0.5, 0.6) is 17.2 Å². The molecule has 0 fully saturated rings. The summed E-state index contributed by atoms with van der Waals surface area (Å²) in [5, 5.41) is 13.6. The third-order valence-electron chi connectivity index (χ3n) is 4.00. The van der Waals surface area contributed by atoms with E-state index in [1.165, 1.54) is 0 Å². The van der Waals surface area contributed by atoms with Crippen LogP contribution in [0.15, 0.2) is 36.4 Å². The van der Waals surface area contributed by atoms with Crippen LogP contribution in [0.3, 0.4) is 0 Å². The van der Waals surface area contributed by atoms with Crippen molar-refractivity contribution in [2.24, 2.45) is 0 Å². The van der Waals surface area contributed by atoms with Crippen LogP contribution in [0, 0.1) is 0 Å². The van der Waals surface area contributed by atoms with Crippen molar-refractivity contribution in [2.45, 2.75) is 12.5 Å². The maximum atomic E-state index is 10.2. The number of phenolic OH excluding ortho intramolecular Hbond substituents is 1. The molecule has 0 radical (unpaired) electrons. The van der Waals surface area contributed by atoms with Gasteiger partial charge < -0.3 is 19.9 Å². The van der Waals surface area contributed by atoms with Gasteiger partial charge in [0.05, 0.1) is 14.2 Å². The first-order valence-electron chi connectivity index (χ1n) is 6.98. The fourth-order valence-electron chi connectivity index (χ4n) is 2.96. The predicted molar refractivity (Wildman–Crippen MR) is 81.2 cm³/mol. The Balaban J connectivity index is 2.07. The molecule has 0 aromatic heterocycles. The smallest absolute Gasteiger partial charge is 0.161 e. The Hall–Kier alpha value is -2.20. The van der Waals surface area contributed by atoms with Crippen LogP contribution in [0.25, 0.3) is 0 Å². The summed E-state index contributed by atoms with van der Waals surface area (Å²) in [6, 6.07) is 11.6. The zero-order valence-corrected chi connectivity index (χ0v) is 12.2. The maximum absolute atomic E-state index is 10.2. The van der Waals surface area contributed by atoms with E-state index >= 15 is 0 Å². The molecule has 1 aliphatic rings. The van der Waals surface area contributed by atoms with Crippen LogP contribution >= 0.6 is 0 Å². The Morgan fingerprint density at radius 2 is 1.90 bits per heavy atom. The number of benzene rings is 2. The molecular formula is C17H19NO3. The van der Waals surface area contributed by atoms with Crippen molar-refractivity contribution in [3.05, 3.63) is 53.1 Å². The van der Waals surface area contributed by atoms with Crippen molar-refractivity contribution in [3.8, 4) is 17.2 Å². The highest BCUT2D eigenvalue weighted by atomic mass is 16.5. The van der Waals surface area contributed by atoms with Crippen molar-refractivity contribution < 1.29 is 14.6 Å². The Morgan fingerprint density at radius 1 is 1.10 bits per heavy atom. The molecule has 0 aliphatic carbocycles. The Morgan fingerprint density at radius 3 is 2.67 bits per heavy atom. The maximum Gasteiger partial charge on any atom is 0.161 e. The van der Waals surface area contributed by atoms with Gasteiger partial charge in [0.25, 0.3) is 0 Å². The van der Waals surface area contributed by atoms with Crippen LogP contribution in [0.2, 0.25) is 0 Å². The zero-order valence-electron chi connectivity index (χ0n) is 12.2. The van der Waals surface area contributed by atoms with Crippen molar-refractivity contribution >= 4 is 0 Å². The van der Waals surface area contributed by atoms with Gasteiger partial charge in [0.15, 0.2) is 11.5 Å². The molecule has 0 amide bonds. The van der Waals surface area contributed by atoms with E-state index in [0.29, 0.717) is 17.2 Å². The second kappa shape index (κ2) is 5.66. The molecule has 2 N–H and O–H groups in total. The summed E-state index contributed by atoms with van der Waals surface area (Å²) in [4.78, 5) is 0. The van der Waals surface area contributed by atoms with Crippen molar-refractivity contribution in [1.82, 2.24) is 5.32 Å². The molecule has 1 aliphatic heterocycles. The number of phenols is 1. The second-order valence-corrected chi connectivity index (χ2v) is 5.15. The van der Waals surface area contributed by atoms with Crippen LogP contribution in [0.1, 0.15) is 22.6 Å². The SMILES string of the molecule is COc1ccc(C2CNCc3cccc(O)c32)cc1OC. The molecule has 2 aromatic carbocycles. The number of rotatable bonds is 3. The van der Waals surface area contributed by atoms with E-state index in [2.05, 4.69) is 11.4 Å². The highest BCUT2D eigenvalue weighted by molar-refractivity contribution is 5.51. The third kappa shape index (κ3) is 2.43. The summed E-state index contributed by atoms with van der Waals surface area (Å²) >= 11 is 0. The summed E-state index contributed by atoms with van der Waals surface area (Å²) in [6.07, 6.45) is 0. The van der Waals surface area contributed by atoms with Gasteiger partial charge >= 0.3 is 0 Å². The number of aromatic hydroxyl groups is 1. The molecule has 0 spiro atoms. The van der Waals surface area contributed by atoms with E-state index < -0.39 is 0 Å². The van der Waals surface area contributed by atoms with Gasteiger partial charge in [-0.1, -0.05) is 18.2 Å². The number of ether oxygens (including phenoxy) is 2. The van der Waals surface area contributed by atoms with E-state index in [1.807, 2.05) is 24.3 Å². The van der Waals surface area contributed by atoms with E-state index in [9.17, 15) is 5.11 Å². The third-order valence-corrected chi connectivity index (χ3v) is 4.00. The molecule has 0 saturated carbocycles. The minimum atomic E-state index is 0.106. The first-order valence-corrected chi connectivity index (χ1v) is 6.98. The number of hydrogen-bond acceptors (Lipinski definition) is 4. The average Bonchev–Trinajstić information content (AvgIpc) is 2.54. The van der Waals surface area contributed by atoms with Gasteiger partial charge in [-0.2, -0.15) is 0 Å². The Labute approximate surface area is 124 Å². The van der Waals surface area contributed by atoms with Gasteiger partial charge in [-0.05, 0) is 29.3 Å². The van der Waals surface area contributed by atoms with Gasteiger partial charge in [-0.25, -0.2) is 0 Å². The Bertz CT molecular complexity index is 654. The largest absolute Gasteiger partial charge is 0.508 e. The molecule has 0 saturated heterocycles. The lowest BCUT2D eigenvalue weighted by Crippen LogP contribution is -2.28. The summed E-state index contributed by atoms with van der Waals surface area (Å²) in [5.74, 6) is 1.88. The van der Waals surface area contributed by atoms with E-state index in [4.69, 9.17) is 9.47 Å². The van der Waals surface area contributed by atoms with Gasteiger partial charge in [0.2, 0.25) is 0 Å². The molecule has 21 heavy (non-hydrogen) atoms. The molecular weight excluding hydrogens is 266 g/mol. The quantitative estimate of drug-likeness (QED) is 0.910. The fourth-order valence-corrected chi connectivity index (χ4v) is 2.96. The van der Waals surface area contributed by atoms with E-state index in [0.717, 1.165) is 29.8 Å². The first kappa shape index (κ1) is 13.8. The molecule has 4 nitrogen and oxygen atoms in total. The Kier molecular flexibility index (Phi) is 3.71. The lowest BCUT2D eigenvalue weighted by molar-refractivity contribution is 0.354. The van der Waals surface area contributed by atoms with Gasteiger partial charge in [0, 0.05) is 24.6 Å². The molecule has 2 aromatic rings. The molecule has 3 rings (SSSR count). The molecule has 1 unspecified atom stereocenters. The zero-order chi connectivity index (χ0) is 14.8. The highest BCUT2D eigenvalue weighted by Gasteiger charge is 2.25. The topological polar surface area (TPSA) is 50.7 Å². The number of nitrogens with one attached hydrogen (secondary N) is 1. The van der Waals surface area contributed by atoms with Crippen molar-refractivity contribution in [3.63, 3.8) is 0 Å². The summed E-state index contributed by atoms with van der Waals surface area (Å²) < 4.78 is 10.7. The normalized spacial score (nSPS) is 17.1. The first-order chi connectivity index (χ1) is 10.2. The van der Waals surface area contributed by atoms with Crippen LogP contribution in [-0.4, -0.2) is 25.9 Å².